The molecule has 1 aliphatic heterocycles. The van der Waals surface area contributed by atoms with E-state index in [1.165, 1.54) is 0 Å². The van der Waals surface area contributed by atoms with Crippen LogP contribution in [0.1, 0.15) is 0 Å². The first kappa shape index (κ1) is 5.42. The fraction of sp³-hybridized carbons (Fsp3) is 0.429. The van der Waals surface area contributed by atoms with Crippen LogP contribution < -0.4 is 0 Å². The molecule has 0 N–H and O–H groups in total. The summed E-state index contributed by atoms with van der Waals surface area (Å²) in [7, 11) is 1.71. The molecule has 1 heterocycles. The second kappa shape index (κ2) is 1.81. The average molecular weight is 140 g/mol. The molecule has 1 fully saturated rings. The summed E-state index contributed by atoms with van der Waals surface area (Å²) in [6, 6.07) is 0. The molecule has 1 saturated heterocycles. The summed E-state index contributed by atoms with van der Waals surface area (Å²) in [5, 5.41) is 1.49. The molecule has 0 radical (unpaired) electrons. The molecule has 2 heteroatoms. The maximum absolute atomic E-state index is 5.05. The van der Waals surface area contributed by atoms with Gasteiger partial charge in [-0.25, -0.2) is 0 Å². The largest absolute Gasteiger partial charge is 0.497 e. The molecule has 2 atom stereocenters. The standard InChI is InChI=1S/C7H8OS/c1-8-5-2-3-6-7(4-5)9-6/h2-4,6-7H,1H3. The van der Waals surface area contributed by atoms with Crippen molar-refractivity contribution in [1.82, 2.24) is 0 Å². The van der Waals surface area contributed by atoms with E-state index in [2.05, 4.69) is 12.2 Å². The van der Waals surface area contributed by atoms with E-state index in [0.29, 0.717) is 0 Å². The fourth-order valence-electron chi connectivity index (χ4n) is 0.968. The Kier molecular flexibility index (Phi) is 1.09. The molecule has 9 heavy (non-hydrogen) atoms. The van der Waals surface area contributed by atoms with Gasteiger partial charge in [-0.3, -0.25) is 0 Å². The van der Waals surface area contributed by atoms with Crippen molar-refractivity contribution in [2.75, 3.05) is 7.11 Å². The van der Waals surface area contributed by atoms with Gasteiger partial charge < -0.3 is 4.74 Å². The van der Waals surface area contributed by atoms with Crippen LogP contribution >= 0.6 is 11.8 Å². The van der Waals surface area contributed by atoms with Crippen molar-refractivity contribution in [3.8, 4) is 0 Å². The van der Waals surface area contributed by atoms with Gasteiger partial charge in [-0.15, -0.1) is 11.8 Å². The van der Waals surface area contributed by atoms with E-state index in [4.69, 9.17) is 4.74 Å². The van der Waals surface area contributed by atoms with E-state index in [0.717, 1.165) is 16.3 Å². The molecule has 2 aliphatic rings. The first-order chi connectivity index (χ1) is 4.40. The highest BCUT2D eigenvalue weighted by Gasteiger charge is 2.36. The van der Waals surface area contributed by atoms with Crippen LogP contribution in [0, 0.1) is 0 Å². The van der Waals surface area contributed by atoms with Crippen LogP contribution in [-0.2, 0) is 4.74 Å². The van der Waals surface area contributed by atoms with Crippen LogP contribution in [0.3, 0.4) is 0 Å². The molecular formula is C7H8OS. The van der Waals surface area contributed by atoms with Gasteiger partial charge in [0.2, 0.25) is 0 Å². The van der Waals surface area contributed by atoms with Crippen LogP contribution in [0.4, 0.5) is 0 Å². The third-order valence-electron chi connectivity index (χ3n) is 1.58. The second-order valence-electron chi connectivity index (χ2n) is 2.20. The minimum atomic E-state index is 0.727. The van der Waals surface area contributed by atoms with Crippen molar-refractivity contribution in [3.05, 3.63) is 24.0 Å². The minimum absolute atomic E-state index is 0.727. The lowest BCUT2D eigenvalue weighted by atomic mass is 10.2. The van der Waals surface area contributed by atoms with E-state index < -0.39 is 0 Å². The monoisotopic (exact) mass is 140 g/mol. The molecule has 1 nitrogen and oxygen atoms in total. The van der Waals surface area contributed by atoms with Gasteiger partial charge in [0, 0.05) is 10.5 Å². The van der Waals surface area contributed by atoms with Crippen LogP contribution in [0.2, 0.25) is 0 Å². The Bertz CT molecular complexity index is 183. The number of rotatable bonds is 1. The van der Waals surface area contributed by atoms with Gasteiger partial charge in [0.1, 0.15) is 5.76 Å². The summed E-state index contributed by atoms with van der Waals surface area (Å²) >= 11 is 1.98. The predicted molar refractivity (Wildman–Crippen MR) is 39.4 cm³/mol. The molecule has 0 saturated carbocycles. The Morgan fingerprint density at radius 2 is 2.44 bits per heavy atom. The fourth-order valence-corrected chi connectivity index (χ4v) is 1.79. The predicted octanol–water partition coefficient (Wildman–Crippen LogP) is 1.57. The summed E-state index contributed by atoms with van der Waals surface area (Å²) in [5.41, 5.74) is 0. The maximum Gasteiger partial charge on any atom is 0.115 e. The SMILES string of the molecule is COC1=CC2SC2C=C1. The van der Waals surface area contributed by atoms with E-state index in [-0.39, 0.29) is 0 Å². The first-order valence-electron chi connectivity index (χ1n) is 2.99. The number of hydrogen-bond donors (Lipinski definition) is 0. The Morgan fingerprint density at radius 3 is 3.11 bits per heavy atom. The lowest BCUT2D eigenvalue weighted by Gasteiger charge is -2.01. The Labute approximate surface area is 58.8 Å². The summed E-state index contributed by atoms with van der Waals surface area (Å²) in [6.07, 6.45) is 6.42. The number of ether oxygens (including phenoxy) is 1. The minimum Gasteiger partial charge on any atom is -0.497 e. The molecule has 0 spiro atoms. The highest BCUT2D eigenvalue weighted by atomic mass is 32.2. The molecule has 2 rings (SSSR count). The molecule has 48 valence electrons. The van der Waals surface area contributed by atoms with Crippen LogP contribution in [0.5, 0.6) is 0 Å². The quantitative estimate of drug-likeness (QED) is 0.511. The lowest BCUT2D eigenvalue weighted by molar-refractivity contribution is 0.304. The van der Waals surface area contributed by atoms with E-state index >= 15 is 0 Å². The molecule has 0 bridgehead atoms. The normalized spacial score (nSPS) is 37.2. The van der Waals surface area contributed by atoms with Crippen LogP contribution in [0.25, 0.3) is 0 Å². The summed E-state index contributed by atoms with van der Waals surface area (Å²) < 4.78 is 5.05. The number of methoxy groups -OCH3 is 1. The maximum atomic E-state index is 5.05. The van der Waals surface area contributed by atoms with Gasteiger partial charge >= 0.3 is 0 Å². The Morgan fingerprint density at radius 1 is 1.56 bits per heavy atom. The smallest absolute Gasteiger partial charge is 0.115 e. The zero-order valence-electron chi connectivity index (χ0n) is 5.20. The Hall–Kier alpha value is -0.370. The summed E-state index contributed by atoms with van der Waals surface area (Å²) in [4.78, 5) is 0. The first-order valence-corrected chi connectivity index (χ1v) is 3.94. The van der Waals surface area contributed by atoms with Crippen molar-refractivity contribution < 1.29 is 4.74 Å². The zero-order valence-corrected chi connectivity index (χ0v) is 6.02. The van der Waals surface area contributed by atoms with Gasteiger partial charge in [0.25, 0.3) is 0 Å². The number of fused-ring (bicyclic) bond motifs is 1. The lowest BCUT2D eigenvalue weighted by Crippen LogP contribution is -1.95. The van der Waals surface area contributed by atoms with Crippen molar-refractivity contribution in [1.29, 1.82) is 0 Å². The Balaban J connectivity index is 2.16. The third-order valence-corrected chi connectivity index (χ3v) is 2.77. The van der Waals surface area contributed by atoms with Crippen molar-refractivity contribution >= 4 is 11.8 Å². The average Bonchev–Trinajstić information content (AvgIpc) is 2.64. The number of hydrogen-bond acceptors (Lipinski definition) is 2. The number of thioether (sulfide) groups is 1. The highest BCUT2D eigenvalue weighted by molar-refractivity contribution is 8.08. The summed E-state index contributed by atoms with van der Waals surface area (Å²) in [6.45, 7) is 0. The molecular weight excluding hydrogens is 132 g/mol. The molecule has 0 amide bonds. The van der Waals surface area contributed by atoms with E-state index in [9.17, 15) is 0 Å². The van der Waals surface area contributed by atoms with Gasteiger partial charge in [0.15, 0.2) is 0 Å². The highest BCUT2D eigenvalue weighted by Crippen LogP contribution is 2.46. The van der Waals surface area contributed by atoms with Gasteiger partial charge in [0.05, 0.1) is 7.11 Å². The molecule has 2 unspecified atom stereocenters. The molecule has 1 aliphatic carbocycles. The third kappa shape index (κ3) is 0.874. The second-order valence-corrected chi connectivity index (χ2v) is 3.56. The molecule has 0 aromatic carbocycles. The zero-order chi connectivity index (χ0) is 6.27. The van der Waals surface area contributed by atoms with E-state index in [1.807, 2.05) is 17.8 Å². The van der Waals surface area contributed by atoms with Gasteiger partial charge in [-0.2, -0.15) is 0 Å². The van der Waals surface area contributed by atoms with Crippen molar-refractivity contribution in [3.63, 3.8) is 0 Å². The molecule has 0 aromatic heterocycles. The van der Waals surface area contributed by atoms with Crippen LogP contribution in [-0.4, -0.2) is 17.6 Å². The molecule has 0 aromatic rings. The topological polar surface area (TPSA) is 9.23 Å². The van der Waals surface area contributed by atoms with Gasteiger partial charge in [-0.1, -0.05) is 6.08 Å². The van der Waals surface area contributed by atoms with Crippen molar-refractivity contribution in [2.24, 2.45) is 0 Å². The van der Waals surface area contributed by atoms with Gasteiger partial charge in [-0.05, 0) is 12.2 Å². The summed E-state index contributed by atoms with van der Waals surface area (Å²) in [5.74, 6) is 1.02. The van der Waals surface area contributed by atoms with E-state index in [1.54, 1.807) is 7.11 Å². The van der Waals surface area contributed by atoms with Crippen molar-refractivity contribution in [2.45, 2.75) is 10.5 Å². The van der Waals surface area contributed by atoms with Crippen LogP contribution in [0.15, 0.2) is 24.0 Å². The number of allylic oxidation sites excluding steroid dienone is 1.